The van der Waals surface area contributed by atoms with Crippen molar-refractivity contribution in [2.24, 2.45) is 0 Å². The Morgan fingerprint density at radius 1 is 1.06 bits per heavy atom. The summed E-state index contributed by atoms with van der Waals surface area (Å²) < 4.78 is 38.4. The molecule has 1 saturated heterocycles. The van der Waals surface area contributed by atoms with Crippen molar-refractivity contribution in [3.05, 3.63) is 48.0 Å². The van der Waals surface area contributed by atoms with Crippen LogP contribution in [0.2, 0.25) is 0 Å². The molecule has 1 heterocycles. The smallest absolute Gasteiger partial charge is 0.257 e. The lowest BCUT2D eigenvalue weighted by Gasteiger charge is -2.30. The Hall–Kier alpha value is -2.62. The summed E-state index contributed by atoms with van der Waals surface area (Å²) >= 11 is 0. The third-order valence-corrected chi connectivity index (χ3v) is 7.38. The highest BCUT2D eigenvalue weighted by molar-refractivity contribution is 7.89. The molecule has 1 fully saturated rings. The second kappa shape index (κ2) is 10.8. The van der Waals surface area contributed by atoms with Crippen LogP contribution in [-0.4, -0.2) is 64.6 Å². The summed E-state index contributed by atoms with van der Waals surface area (Å²) in [6.07, 6.45) is 0. The number of anilines is 2. The molecule has 32 heavy (non-hydrogen) atoms. The minimum Gasteiger partial charge on any atom is -0.494 e. The second-order valence-corrected chi connectivity index (χ2v) is 9.22. The first-order chi connectivity index (χ1) is 15.4. The molecule has 1 amide bonds. The maximum Gasteiger partial charge on any atom is 0.257 e. The van der Waals surface area contributed by atoms with Crippen LogP contribution in [-0.2, 0) is 14.8 Å². The molecule has 0 atom stereocenters. The standard InChI is InChI=1S/C23H31N3O5S/c1-4-26(5-2)32(28,29)20-11-12-22(25-13-15-30-16-14-25)21(17-20)23(27)24-18-7-9-19(10-8-18)31-6-3/h7-12,17H,4-6,13-16H2,1-3H3,(H,24,27). The molecule has 0 unspecified atom stereocenters. The van der Waals surface area contributed by atoms with Crippen LogP contribution in [0.1, 0.15) is 31.1 Å². The van der Waals surface area contributed by atoms with Crippen molar-refractivity contribution in [2.75, 3.05) is 56.2 Å². The van der Waals surface area contributed by atoms with Gasteiger partial charge in [-0.25, -0.2) is 8.42 Å². The number of rotatable bonds is 9. The summed E-state index contributed by atoms with van der Waals surface area (Å²) in [6, 6.07) is 11.8. The largest absolute Gasteiger partial charge is 0.494 e. The average molecular weight is 462 g/mol. The van der Waals surface area contributed by atoms with Crippen LogP contribution in [0.15, 0.2) is 47.4 Å². The first-order valence-corrected chi connectivity index (χ1v) is 12.4. The predicted molar refractivity (Wildman–Crippen MR) is 125 cm³/mol. The highest BCUT2D eigenvalue weighted by Crippen LogP contribution is 2.28. The van der Waals surface area contributed by atoms with Crippen LogP contribution in [0.5, 0.6) is 5.75 Å². The highest BCUT2D eigenvalue weighted by atomic mass is 32.2. The lowest BCUT2D eigenvalue weighted by Crippen LogP contribution is -2.37. The third-order valence-electron chi connectivity index (χ3n) is 5.33. The Balaban J connectivity index is 1.96. The van der Waals surface area contributed by atoms with Crippen LogP contribution in [0, 0.1) is 0 Å². The molecule has 2 aromatic rings. The number of nitrogens with one attached hydrogen (secondary N) is 1. The molecule has 1 aliphatic heterocycles. The zero-order valence-corrected chi connectivity index (χ0v) is 19.7. The first kappa shape index (κ1) is 24.0. The minimum absolute atomic E-state index is 0.107. The summed E-state index contributed by atoms with van der Waals surface area (Å²) in [7, 11) is -3.70. The van der Waals surface area contributed by atoms with E-state index >= 15 is 0 Å². The Morgan fingerprint density at radius 2 is 1.72 bits per heavy atom. The van der Waals surface area contributed by atoms with E-state index < -0.39 is 10.0 Å². The SMILES string of the molecule is CCOc1ccc(NC(=O)c2cc(S(=O)(=O)N(CC)CC)ccc2N2CCOCC2)cc1. The van der Waals surface area contributed by atoms with E-state index in [1.807, 2.05) is 11.8 Å². The zero-order valence-electron chi connectivity index (χ0n) is 18.8. The molecule has 0 saturated carbocycles. The number of morpholine rings is 1. The number of sulfonamides is 1. The van der Waals surface area contributed by atoms with Crippen molar-refractivity contribution in [3.8, 4) is 5.75 Å². The maximum absolute atomic E-state index is 13.3. The van der Waals surface area contributed by atoms with Gasteiger partial charge in [-0.1, -0.05) is 13.8 Å². The molecule has 3 rings (SSSR count). The summed E-state index contributed by atoms with van der Waals surface area (Å²) in [4.78, 5) is 15.4. The van der Waals surface area contributed by atoms with Gasteiger partial charge in [0, 0.05) is 37.6 Å². The number of hydrogen-bond donors (Lipinski definition) is 1. The van der Waals surface area contributed by atoms with Gasteiger partial charge in [0.25, 0.3) is 5.91 Å². The molecule has 8 nitrogen and oxygen atoms in total. The molecule has 0 aliphatic carbocycles. The van der Waals surface area contributed by atoms with E-state index in [0.717, 1.165) is 0 Å². The first-order valence-electron chi connectivity index (χ1n) is 10.9. The quantitative estimate of drug-likeness (QED) is 0.617. The number of nitrogens with zero attached hydrogens (tertiary/aromatic N) is 2. The van der Waals surface area contributed by atoms with Crippen LogP contribution < -0.4 is 15.0 Å². The Bertz CT molecular complexity index is 1010. The topological polar surface area (TPSA) is 88.2 Å². The fraction of sp³-hybridized carbons (Fsp3) is 0.435. The molecule has 1 N–H and O–H groups in total. The van der Waals surface area contributed by atoms with Crippen LogP contribution >= 0.6 is 0 Å². The molecule has 174 valence electrons. The molecule has 9 heteroatoms. The molecule has 2 aromatic carbocycles. The lowest BCUT2D eigenvalue weighted by molar-refractivity contribution is 0.102. The fourth-order valence-electron chi connectivity index (χ4n) is 3.65. The van der Waals surface area contributed by atoms with Crippen molar-refractivity contribution >= 4 is 27.3 Å². The van der Waals surface area contributed by atoms with E-state index in [9.17, 15) is 13.2 Å². The number of carbonyl (C=O) groups excluding carboxylic acids is 1. The number of amides is 1. The minimum atomic E-state index is -3.70. The highest BCUT2D eigenvalue weighted by Gasteiger charge is 2.26. The van der Waals surface area contributed by atoms with E-state index in [1.54, 1.807) is 50.2 Å². The summed E-state index contributed by atoms with van der Waals surface area (Å²) in [5, 5.41) is 2.88. The van der Waals surface area contributed by atoms with Crippen LogP contribution in [0.3, 0.4) is 0 Å². The number of ether oxygens (including phenoxy) is 2. The molecule has 1 aliphatic rings. The van der Waals surface area contributed by atoms with E-state index in [-0.39, 0.29) is 10.8 Å². The molecular weight excluding hydrogens is 430 g/mol. The maximum atomic E-state index is 13.3. The summed E-state index contributed by atoms with van der Waals surface area (Å²) in [5.41, 5.74) is 1.60. The van der Waals surface area contributed by atoms with Crippen molar-refractivity contribution < 1.29 is 22.7 Å². The predicted octanol–water partition coefficient (Wildman–Crippen LogP) is 3.20. The van der Waals surface area contributed by atoms with Gasteiger partial charge in [-0.2, -0.15) is 4.31 Å². The van der Waals surface area contributed by atoms with Crippen molar-refractivity contribution in [3.63, 3.8) is 0 Å². The van der Waals surface area contributed by atoms with Gasteiger partial charge >= 0.3 is 0 Å². The Morgan fingerprint density at radius 3 is 2.31 bits per heavy atom. The lowest BCUT2D eigenvalue weighted by atomic mass is 10.1. The van der Waals surface area contributed by atoms with Gasteiger partial charge in [-0.15, -0.1) is 0 Å². The number of carbonyl (C=O) groups is 1. The van der Waals surface area contributed by atoms with Crippen molar-refractivity contribution in [1.29, 1.82) is 0 Å². The third kappa shape index (κ3) is 5.40. The van der Waals surface area contributed by atoms with Gasteiger partial charge in [0.05, 0.1) is 30.3 Å². The van der Waals surface area contributed by atoms with Gasteiger partial charge in [-0.05, 0) is 49.4 Å². The monoisotopic (exact) mass is 461 g/mol. The molecular formula is C23H31N3O5S. The van der Waals surface area contributed by atoms with E-state index in [1.165, 1.54) is 10.4 Å². The zero-order chi connectivity index (χ0) is 23.1. The number of benzene rings is 2. The van der Waals surface area contributed by atoms with Crippen LogP contribution in [0.4, 0.5) is 11.4 Å². The second-order valence-electron chi connectivity index (χ2n) is 7.28. The fourth-order valence-corrected chi connectivity index (χ4v) is 5.13. The Kier molecular flexibility index (Phi) is 8.11. The van der Waals surface area contributed by atoms with E-state index in [0.29, 0.717) is 68.7 Å². The van der Waals surface area contributed by atoms with Gasteiger partial charge < -0.3 is 19.7 Å². The van der Waals surface area contributed by atoms with Gasteiger partial charge in [0.15, 0.2) is 0 Å². The van der Waals surface area contributed by atoms with Crippen molar-refractivity contribution in [1.82, 2.24) is 4.31 Å². The molecule has 0 bridgehead atoms. The average Bonchev–Trinajstić information content (AvgIpc) is 2.81. The molecule has 0 spiro atoms. The summed E-state index contributed by atoms with van der Waals surface area (Å²) in [6.45, 7) is 9.14. The number of hydrogen-bond acceptors (Lipinski definition) is 6. The normalized spacial score (nSPS) is 14.4. The van der Waals surface area contributed by atoms with Gasteiger partial charge in [0.1, 0.15) is 5.75 Å². The molecule has 0 radical (unpaired) electrons. The van der Waals surface area contributed by atoms with Crippen LogP contribution in [0.25, 0.3) is 0 Å². The van der Waals surface area contributed by atoms with Gasteiger partial charge in [-0.3, -0.25) is 4.79 Å². The van der Waals surface area contributed by atoms with Crippen molar-refractivity contribution in [2.45, 2.75) is 25.7 Å². The Labute approximate surface area is 190 Å². The van der Waals surface area contributed by atoms with E-state index in [4.69, 9.17) is 9.47 Å². The molecule has 0 aromatic heterocycles. The summed E-state index contributed by atoms with van der Waals surface area (Å²) in [5.74, 6) is 0.346. The van der Waals surface area contributed by atoms with Gasteiger partial charge in [0.2, 0.25) is 10.0 Å². The van der Waals surface area contributed by atoms with E-state index in [2.05, 4.69) is 5.32 Å².